The molecule has 1 unspecified atom stereocenters. The van der Waals surface area contributed by atoms with Crippen molar-refractivity contribution < 1.29 is 4.79 Å². The van der Waals surface area contributed by atoms with Gasteiger partial charge >= 0.3 is 0 Å². The monoisotopic (exact) mass is 511 g/mol. The van der Waals surface area contributed by atoms with E-state index in [1.54, 1.807) is 4.57 Å². The molecule has 2 aromatic heterocycles. The first-order valence-electron chi connectivity index (χ1n) is 11.7. The van der Waals surface area contributed by atoms with E-state index >= 15 is 0 Å². The zero-order valence-electron chi connectivity index (χ0n) is 20.0. The van der Waals surface area contributed by atoms with E-state index in [4.69, 9.17) is 4.98 Å². The zero-order chi connectivity index (χ0) is 25.1. The van der Waals surface area contributed by atoms with Crippen LogP contribution in [0.2, 0.25) is 0 Å². The van der Waals surface area contributed by atoms with Gasteiger partial charge in [0.2, 0.25) is 5.91 Å². The summed E-state index contributed by atoms with van der Waals surface area (Å²) in [6.45, 7) is 3.98. The van der Waals surface area contributed by atoms with E-state index in [1.165, 1.54) is 23.1 Å². The average molecular weight is 512 g/mol. The van der Waals surface area contributed by atoms with Gasteiger partial charge in [0.25, 0.3) is 5.56 Å². The largest absolute Gasteiger partial charge is 0.349 e. The van der Waals surface area contributed by atoms with Crippen LogP contribution < -0.4 is 10.9 Å². The molecule has 180 valence electrons. The molecular formula is C29H25N3O2S2. The number of hydrogen-bond acceptors (Lipinski definition) is 5. The van der Waals surface area contributed by atoms with E-state index in [9.17, 15) is 9.59 Å². The molecule has 0 fully saturated rings. The molecule has 0 saturated heterocycles. The second-order valence-corrected chi connectivity index (χ2v) is 10.6. The Kier molecular flexibility index (Phi) is 7.02. The second kappa shape index (κ2) is 10.5. The molecule has 1 atom stereocenters. The van der Waals surface area contributed by atoms with Crippen LogP contribution in [-0.4, -0.2) is 21.2 Å². The van der Waals surface area contributed by atoms with Crippen LogP contribution in [-0.2, 0) is 4.79 Å². The van der Waals surface area contributed by atoms with Crippen LogP contribution in [0.5, 0.6) is 0 Å². The van der Waals surface area contributed by atoms with Gasteiger partial charge in [-0.2, -0.15) is 0 Å². The lowest BCUT2D eigenvalue weighted by Gasteiger charge is -2.15. The first-order valence-corrected chi connectivity index (χ1v) is 13.5. The van der Waals surface area contributed by atoms with Crippen molar-refractivity contribution in [1.29, 1.82) is 0 Å². The summed E-state index contributed by atoms with van der Waals surface area (Å²) in [7, 11) is 0. The number of thiophene rings is 1. The maximum absolute atomic E-state index is 14.0. The SMILES string of the molecule is Cc1sc2nc(SCC(=O)NC(C)c3ccccc3)n(-c3ccccc3)c(=O)c2c1-c1ccccc1. The lowest BCUT2D eigenvalue weighted by atomic mass is 10.0. The Morgan fingerprint density at radius 2 is 1.58 bits per heavy atom. The molecule has 5 nitrogen and oxygen atoms in total. The fourth-order valence-electron chi connectivity index (χ4n) is 4.24. The number of benzene rings is 3. The summed E-state index contributed by atoms with van der Waals surface area (Å²) in [5.41, 5.74) is 3.55. The van der Waals surface area contributed by atoms with Crippen molar-refractivity contribution >= 4 is 39.2 Å². The van der Waals surface area contributed by atoms with Gasteiger partial charge in [-0.05, 0) is 37.1 Å². The van der Waals surface area contributed by atoms with Crippen molar-refractivity contribution in [3.05, 3.63) is 112 Å². The van der Waals surface area contributed by atoms with Gasteiger partial charge in [-0.3, -0.25) is 14.2 Å². The average Bonchev–Trinajstić information content (AvgIpc) is 3.25. The number of nitrogens with one attached hydrogen (secondary N) is 1. The van der Waals surface area contributed by atoms with Gasteiger partial charge in [-0.15, -0.1) is 11.3 Å². The van der Waals surface area contributed by atoms with Gasteiger partial charge in [0.05, 0.1) is 22.9 Å². The fourth-order valence-corrected chi connectivity index (χ4v) is 6.15. The first kappa shape index (κ1) is 24.0. The Morgan fingerprint density at radius 1 is 0.972 bits per heavy atom. The zero-order valence-corrected chi connectivity index (χ0v) is 21.6. The smallest absolute Gasteiger partial charge is 0.268 e. The molecule has 0 aliphatic heterocycles. The van der Waals surface area contributed by atoms with Crippen LogP contribution in [0.3, 0.4) is 0 Å². The third-order valence-electron chi connectivity index (χ3n) is 5.96. The van der Waals surface area contributed by atoms with E-state index in [0.717, 1.165) is 27.3 Å². The minimum Gasteiger partial charge on any atom is -0.349 e. The van der Waals surface area contributed by atoms with E-state index in [2.05, 4.69) is 5.32 Å². The van der Waals surface area contributed by atoms with Gasteiger partial charge in [-0.1, -0.05) is 90.6 Å². The molecule has 3 aromatic carbocycles. The van der Waals surface area contributed by atoms with Crippen molar-refractivity contribution in [3.8, 4) is 16.8 Å². The van der Waals surface area contributed by atoms with Gasteiger partial charge in [0.1, 0.15) is 4.83 Å². The fraction of sp³-hybridized carbons (Fsp3) is 0.138. The Bertz CT molecular complexity index is 1560. The van der Waals surface area contributed by atoms with Crippen molar-refractivity contribution in [2.24, 2.45) is 0 Å². The van der Waals surface area contributed by atoms with Crippen molar-refractivity contribution in [1.82, 2.24) is 14.9 Å². The van der Waals surface area contributed by atoms with E-state index in [1.807, 2.05) is 105 Å². The summed E-state index contributed by atoms with van der Waals surface area (Å²) in [6, 6.07) is 29.1. The molecule has 0 bridgehead atoms. The van der Waals surface area contributed by atoms with Crippen LogP contribution in [0, 0.1) is 6.92 Å². The van der Waals surface area contributed by atoms with E-state index in [-0.39, 0.29) is 23.3 Å². The molecule has 1 N–H and O–H groups in total. The van der Waals surface area contributed by atoms with Gasteiger partial charge < -0.3 is 5.32 Å². The third kappa shape index (κ3) is 4.85. The summed E-state index contributed by atoms with van der Waals surface area (Å²) in [4.78, 5) is 33.4. The van der Waals surface area contributed by atoms with Crippen LogP contribution in [0.1, 0.15) is 23.4 Å². The number of amides is 1. The van der Waals surface area contributed by atoms with Gasteiger partial charge in [0.15, 0.2) is 5.16 Å². The molecule has 1 amide bonds. The summed E-state index contributed by atoms with van der Waals surface area (Å²) in [6.07, 6.45) is 0. The molecule has 5 rings (SSSR count). The number of thioether (sulfide) groups is 1. The summed E-state index contributed by atoms with van der Waals surface area (Å²) in [5.74, 6) is 0.0374. The minimum atomic E-state index is -0.130. The highest BCUT2D eigenvalue weighted by molar-refractivity contribution is 7.99. The lowest BCUT2D eigenvalue weighted by molar-refractivity contribution is -0.119. The number of para-hydroxylation sites is 1. The highest BCUT2D eigenvalue weighted by atomic mass is 32.2. The summed E-state index contributed by atoms with van der Waals surface area (Å²) in [5, 5.41) is 4.15. The molecule has 2 heterocycles. The number of aromatic nitrogens is 2. The predicted molar refractivity (Wildman–Crippen MR) is 149 cm³/mol. The number of carbonyl (C=O) groups excluding carboxylic acids is 1. The minimum absolute atomic E-state index is 0.112. The molecule has 0 saturated carbocycles. The van der Waals surface area contributed by atoms with Crippen LogP contribution in [0.4, 0.5) is 0 Å². The topological polar surface area (TPSA) is 64.0 Å². The highest BCUT2D eigenvalue weighted by Crippen LogP contribution is 2.37. The number of aryl methyl sites for hydroxylation is 1. The second-order valence-electron chi connectivity index (χ2n) is 8.44. The number of hydrogen-bond donors (Lipinski definition) is 1. The summed E-state index contributed by atoms with van der Waals surface area (Å²) < 4.78 is 1.62. The molecule has 0 radical (unpaired) electrons. The third-order valence-corrected chi connectivity index (χ3v) is 7.90. The maximum Gasteiger partial charge on any atom is 0.268 e. The van der Waals surface area contributed by atoms with E-state index in [0.29, 0.717) is 15.4 Å². The maximum atomic E-state index is 14.0. The number of fused-ring (bicyclic) bond motifs is 1. The van der Waals surface area contributed by atoms with Gasteiger partial charge in [0, 0.05) is 10.4 Å². The molecule has 0 aliphatic rings. The normalized spacial score (nSPS) is 11.9. The Hall–Kier alpha value is -3.68. The quantitative estimate of drug-likeness (QED) is 0.203. The van der Waals surface area contributed by atoms with Crippen LogP contribution in [0.15, 0.2) is 101 Å². The predicted octanol–water partition coefficient (Wildman–Crippen LogP) is 6.39. The molecular weight excluding hydrogens is 486 g/mol. The van der Waals surface area contributed by atoms with Crippen molar-refractivity contribution in [2.45, 2.75) is 25.0 Å². The van der Waals surface area contributed by atoms with Crippen LogP contribution in [0.25, 0.3) is 27.0 Å². The first-order chi connectivity index (χ1) is 17.5. The van der Waals surface area contributed by atoms with Crippen LogP contribution >= 0.6 is 23.1 Å². The molecule has 5 aromatic rings. The molecule has 7 heteroatoms. The Morgan fingerprint density at radius 3 is 2.25 bits per heavy atom. The standard InChI is InChI=1S/C29H25N3O2S2/c1-19(21-12-6-3-7-13-21)30-24(33)18-35-29-31-27-26(28(34)32(29)23-16-10-5-11-17-23)25(20(2)36-27)22-14-8-4-9-15-22/h3-17,19H,18H2,1-2H3,(H,30,33). The number of rotatable bonds is 7. The number of nitrogens with zero attached hydrogens (tertiary/aromatic N) is 2. The lowest BCUT2D eigenvalue weighted by Crippen LogP contribution is -2.29. The number of carbonyl (C=O) groups is 1. The summed E-state index contributed by atoms with van der Waals surface area (Å²) >= 11 is 2.78. The molecule has 0 aliphatic carbocycles. The Balaban J connectivity index is 1.52. The Labute approximate surface area is 217 Å². The highest BCUT2D eigenvalue weighted by Gasteiger charge is 2.21. The van der Waals surface area contributed by atoms with Gasteiger partial charge in [-0.25, -0.2) is 4.98 Å². The van der Waals surface area contributed by atoms with E-state index < -0.39 is 0 Å². The molecule has 0 spiro atoms. The van der Waals surface area contributed by atoms with Crippen molar-refractivity contribution in [2.75, 3.05) is 5.75 Å². The van der Waals surface area contributed by atoms with Crippen molar-refractivity contribution in [3.63, 3.8) is 0 Å². The molecule has 36 heavy (non-hydrogen) atoms.